The van der Waals surface area contributed by atoms with Crippen molar-refractivity contribution in [3.05, 3.63) is 12.3 Å². The first-order valence-corrected chi connectivity index (χ1v) is 11.1. The minimum absolute atomic E-state index is 0.281. The lowest BCUT2D eigenvalue weighted by Crippen LogP contribution is -2.33. The van der Waals surface area contributed by atoms with Crippen molar-refractivity contribution in [2.45, 2.75) is 98.4 Å². The van der Waals surface area contributed by atoms with E-state index < -0.39 is 0 Å². The van der Waals surface area contributed by atoms with E-state index in [1.54, 1.807) is 6.26 Å². The topological polar surface area (TPSA) is 55.4 Å². The molecule has 4 aliphatic heterocycles. The quantitative estimate of drug-likeness (QED) is 0.577. The molecule has 0 aromatic carbocycles. The SMILES string of the molecule is CC1C=COC1C.CC1CCOC1C.CC1OCCOC1C.CC1OCOC1C. The molecule has 0 radical (unpaired) electrons. The number of hydrogen-bond donors (Lipinski definition) is 0. The summed E-state index contributed by atoms with van der Waals surface area (Å²) in [6.45, 7) is 19.6. The Morgan fingerprint density at radius 1 is 0.552 bits per heavy atom. The normalized spacial score (nSPS) is 40.6. The Hall–Kier alpha value is -0.660. The first-order valence-electron chi connectivity index (χ1n) is 11.1. The number of ether oxygens (including phenoxy) is 6. The molecule has 0 amide bonds. The zero-order chi connectivity index (χ0) is 21.8. The van der Waals surface area contributed by atoms with E-state index in [-0.39, 0.29) is 12.2 Å². The van der Waals surface area contributed by atoms with E-state index in [0.717, 1.165) is 25.7 Å². The van der Waals surface area contributed by atoms with E-state index in [4.69, 9.17) is 28.4 Å². The van der Waals surface area contributed by atoms with Crippen molar-refractivity contribution in [3.63, 3.8) is 0 Å². The summed E-state index contributed by atoms with van der Waals surface area (Å²) in [6.07, 6.45) is 7.16. The Labute approximate surface area is 178 Å². The number of rotatable bonds is 0. The Kier molecular flexibility index (Phi) is 13.1. The second-order valence-corrected chi connectivity index (χ2v) is 8.38. The molecule has 6 nitrogen and oxygen atoms in total. The molecule has 8 unspecified atom stereocenters. The summed E-state index contributed by atoms with van der Waals surface area (Å²) < 4.78 is 31.0. The monoisotopic (exact) mass is 416 g/mol. The molecule has 0 N–H and O–H groups in total. The third kappa shape index (κ3) is 10.8. The van der Waals surface area contributed by atoms with Crippen LogP contribution in [0.4, 0.5) is 0 Å². The fourth-order valence-electron chi connectivity index (χ4n) is 2.68. The Morgan fingerprint density at radius 2 is 1.03 bits per heavy atom. The fourth-order valence-corrected chi connectivity index (χ4v) is 2.68. The van der Waals surface area contributed by atoms with Gasteiger partial charge in [-0.1, -0.05) is 13.8 Å². The van der Waals surface area contributed by atoms with E-state index in [1.807, 2.05) is 27.7 Å². The van der Waals surface area contributed by atoms with Gasteiger partial charge in [0.25, 0.3) is 0 Å². The zero-order valence-corrected chi connectivity index (χ0v) is 19.8. The molecule has 4 rings (SSSR count). The van der Waals surface area contributed by atoms with E-state index in [2.05, 4.69) is 33.8 Å². The van der Waals surface area contributed by atoms with Gasteiger partial charge in [0.2, 0.25) is 0 Å². The molecule has 172 valence electrons. The van der Waals surface area contributed by atoms with Gasteiger partial charge in [-0.3, -0.25) is 0 Å². The summed E-state index contributed by atoms with van der Waals surface area (Å²) in [6, 6.07) is 0. The highest BCUT2D eigenvalue weighted by Crippen LogP contribution is 2.18. The average molecular weight is 417 g/mol. The van der Waals surface area contributed by atoms with Crippen LogP contribution in [-0.4, -0.2) is 63.2 Å². The summed E-state index contributed by atoms with van der Waals surface area (Å²) in [5.41, 5.74) is 0. The van der Waals surface area contributed by atoms with E-state index in [9.17, 15) is 0 Å². The predicted octanol–water partition coefficient (Wildman–Crippen LogP) is 4.56. The molecule has 8 atom stereocenters. The molecule has 3 saturated heterocycles. The van der Waals surface area contributed by atoms with Gasteiger partial charge in [0, 0.05) is 12.5 Å². The van der Waals surface area contributed by atoms with E-state index >= 15 is 0 Å². The highest BCUT2D eigenvalue weighted by atomic mass is 16.7. The van der Waals surface area contributed by atoms with E-state index in [0.29, 0.717) is 37.1 Å². The second kappa shape index (κ2) is 14.4. The van der Waals surface area contributed by atoms with Crippen molar-refractivity contribution in [2.75, 3.05) is 26.6 Å². The van der Waals surface area contributed by atoms with Gasteiger partial charge in [0.1, 0.15) is 12.9 Å². The van der Waals surface area contributed by atoms with Crippen LogP contribution in [0.5, 0.6) is 0 Å². The van der Waals surface area contributed by atoms with Crippen LogP contribution in [0.2, 0.25) is 0 Å². The van der Waals surface area contributed by atoms with Crippen LogP contribution in [-0.2, 0) is 28.4 Å². The molecule has 0 spiro atoms. The van der Waals surface area contributed by atoms with Gasteiger partial charge in [-0.15, -0.1) is 0 Å². The van der Waals surface area contributed by atoms with Crippen LogP contribution < -0.4 is 0 Å². The Balaban J connectivity index is 0.000000194. The van der Waals surface area contributed by atoms with Gasteiger partial charge in [0.05, 0.1) is 50.0 Å². The van der Waals surface area contributed by atoms with Crippen LogP contribution in [0.1, 0.15) is 61.8 Å². The molecule has 0 aromatic heterocycles. The van der Waals surface area contributed by atoms with Crippen molar-refractivity contribution in [3.8, 4) is 0 Å². The van der Waals surface area contributed by atoms with Crippen molar-refractivity contribution >= 4 is 0 Å². The van der Waals surface area contributed by atoms with Crippen LogP contribution >= 0.6 is 0 Å². The Morgan fingerprint density at radius 3 is 1.21 bits per heavy atom. The van der Waals surface area contributed by atoms with Crippen molar-refractivity contribution in [1.82, 2.24) is 0 Å². The molecule has 6 heteroatoms. The standard InChI is InChI=1S/C6H12O2.C6H12O.C6H10O.C5H10O2/c1-5-6(2)8-4-3-7-5;2*1-5-3-4-7-6(5)2;1-4-5(2)7-3-6-4/h5-6H,3-4H2,1-2H3;5-6H,3-4H2,1-2H3;3-6H,1-2H3;4-5H,3H2,1-2H3. The van der Waals surface area contributed by atoms with Crippen LogP contribution in [0.3, 0.4) is 0 Å². The lowest BCUT2D eigenvalue weighted by Gasteiger charge is -2.25. The van der Waals surface area contributed by atoms with Crippen LogP contribution in [0.15, 0.2) is 12.3 Å². The highest BCUT2D eigenvalue weighted by Gasteiger charge is 2.19. The summed E-state index contributed by atoms with van der Waals surface area (Å²) >= 11 is 0. The van der Waals surface area contributed by atoms with Gasteiger partial charge in [0.15, 0.2) is 0 Å². The first kappa shape index (κ1) is 26.4. The van der Waals surface area contributed by atoms with Crippen molar-refractivity contribution < 1.29 is 28.4 Å². The first-order chi connectivity index (χ1) is 13.7. The van der Waals surface area contributed by atoms with Gasteiger partial charge >= 0.3 is 0 Å². The molecular weight excluding hydrogens is 372 g/mol. The molecule has 3 fully saturated rings. The smallest absolute Gasteiger partial charge is 0.147 e. The Bertz CT molecular complexity index is 399. The molecule has 4 aliphatic rings. The largest absolute Gasteiger partial charge is 0.498 e. The fraction of sp³-hybridized carbons (Fsp3) is 0.913. The minimum atomic E-state index is 0.281. The lowest BCUT2D eigenvalue weighted by atomic mass is 10.1. The van der Waals surface area contributed by atoms with Crippen molar-refractivity contribution in [1.29, 1.82) is 0 Å². The average Bonchev–Trinajstić information content (AvgIpc) is 3.37. The summed E-state index contributed by atoms with van der Waals surface area (Å²) in [5, 5.41) is 0. The molecule has 0 saturated carbocycles. The van der Waals surface area contributed by atoms with Gasteiger partial charge in [-0.05, 0) is 60.0 Å². The third-order valence-corrected chi connectivity index (χ3v) is 6.00. The van der Waals surface area contributed by atoms with Crippen LogP contribution in [0, 0.1) is 11.8 Å². The van der Waals surface area contributed by atoms with Crippen molar-refractivity contribution in [2.24, 2.45) is 11.8 Å². The summed E-state index contributed by atoms with van der Waals surface area (Å²) in [7, 11) is 0. The van der Waals surface area contributed by atoms with Gasteiger partial charge < -0.3 is 28.4 Å². The molecule has 0 aliphatic carbocycles. The second-order valence-electron chi connectivity index (χ2n) is 8.38. The molecule has 0 bridgehead atoms. The summed E-state index contributed by atoms with van der Waals surface area (Å²) in [4.78, 5) is 0. The zero-order valence-electron chi connectivity index (χ0n) is 19.8. The summed E-state index contributed by atoms with van der Waals surface area (Å²) in [5.74, 6) is 1.40. The van der Waals surface area contributed by atoms with Crippen LogP contribution in [0.25, 0.3) is 0 Å². The third-order valence-electron chi connectivity index (χ3n) is 6.00. The molecular formula is C23H44O6. The highest BCUT2D eigenvalue weighted by molar-refractivity contribution is 4.90. The molecule has 29 heavy (non-hydrogen) atoms. The van der Waals surface area contributed by atoms with E-state index in [1.165, 1.54) is 6.42 Å². The predicted molar refractivity (Wildman–Crippen MR) is 115 cm³/mol. The number of hydrogen-bond acceptors (Lipinski definition) is 6. The maximum atomic E-state index is 5.27. The lowest BCUT2D eigenvalue weighted by molar-refractivity contribution is -0.124. The minimum Gasteiger partial charge on any atom is -0.498 e. The van der Waals surface area contributed by atoms with Gasteiger partial charge in [-0.25, -0.2) is 0 Å². The molecule has 4 heterocycles. The maximum absolute atomic E-state index is 5.27. The maximum Gasteiger partial charge on any atom is 0.147 e. The molecule has 0 aromatic rings. The van der Waals surface area contributed by atoms with Gasteiger partial charge in [-0.2, -0.15) is 0 Å².